The molecule has 0 atom stereocenters. The first-order chi connectivity index (χ1) is 15.7. The Balaban J connectivity index is 1.36. The van der Waals surface area contributed by atoms with Gasteiger partial charge in [0.2, 0.25) is 5.82 Å². The third-order valence-electron chi connectivity index (χ3n) is 4.61. The Morgan fingerprint density at radius 3 is 2.38 bits per heavy atom. The topological polar surface area (TPSA) is 95.7 Å². The van der Waals surface area contributed by atoms with Gasteiger partial charge in [-0.1, -0.05) is 35.5 Å². The zero-order valence-corrected chi connectivity index (χ0v) is 17.6. The number of carbonyl (C=O) groups is 1. The number of methoxy groups -OCH3 is 2. The molecule has 0 radical (unpaired) electrons. The number of ether oxygens (including phenoxy) is 3. The number of nitrogens with zero attached hydrogens (tertiary/aromatic N) is 2. The first kappa shape index (κ1) is 20.9. The molecule has 8 nitrogen and oxygen atoms in total. The van der Waals surface area contributed by atoms with Gasteiger partial charge in [0, 0.05) is 17.2 Å². The van der Waals surface area contributed by atoms with Crippen molar-refractivity contribution in [2.24, 2.45) is 0 Å². The summed E-state index contributed by atoms with van der Waals surface area (Å²) < 4.78 is 21.4. The molecule has 0 aliphatic carbocycles. The summed E-state index contributed by atoms with van der Waals surface area (Å²) in [6, 6.07) is 21.8. The maximum atomic E-state index is 12.3. The molecule has 8 heteroatoms. The zero-order chi connectivity index (χ0) is 22.3. The third-order valence-corrected chi connectivity index (χ3v) is 4.61. The van der Waals surface area contributed by atoms with Crippen LogP contribution in [0.25, 0.3) is 22.8 Å². The monoisotopic (exact) mass is 431 g/mol. The highest BCUT2D eigenvalue weighted by Gasteiger charge is 2.12. The normalized spacial score (nSPS) is 10.4. The van der Waals surface area contributed by atoms with Gasteiger partial charge in [-0.2, -0.15) is 4.98 Å². The van der Waals surface area contributed by atoms with Crippen molar-refractivity contribution in [2.45, 2.75) is 0 Å². The highest BCUT2D eigenvalue weighted by molar-refractivity contribution is 5.93. The Labute approximate surface area is 184 Å². The lowest BCUT2D eigenvalue weighted by Gasteiger charge is -2.12. The molecule has 0 saturated heterocycles. The molecule has 0 saturated carbocycles. The Morgan fingerprint density at radius 1 is 0.906 bits per heavy atom. The van der Waals surface area contributed by atoms with E-state index in [1.165, 1.54) is 7.11 Å². The van der Waals surface area contributed by atoms with Crippen molar-refractivity contribution in [1.29, 1.82) is 0 Å². The molecular formula is C24H21N3O5. The van der Waals surface area contributed by atoms with Crippen LogP contribution in [-0.4, -0.2) is 36.9 Å². The fourth-order valence-electron chi connectivity index (χ4n) is 2.99. The van der Waals surface area contributed by atoms with Crippen LogP contribution >= 0.6 is 0 Å². The van der Waals surface area contributed by atoms with Crippen molar-refractivity contribution in [3.05, 3.63) is 72.8 Å². The smallest absolute Gasteiger partial charge is 0.262 e. The number of hydrogen-bond donors (Lipinski definition) is 1. The van der Waals surface area contributed by atoms with Gasteiger partial charge in [-0.3, -0.25) is 4.79 Å². The van der Waals surface area contributed by atoms with Crippen LogP contribution in [0.2, 0.25) is 0 Å². The lowest BCUT2D eigenvalue weighted by molar-refractivity contribution is -0.118. The summed E-state index contributed by atoms with van der Waals surface area (Å²) in [5.74, 6) is 2.25. The van der Waals surface area contributed by atoms with Crippen molar-refractivity contribution in [3.63, 3.8) is 0 Å². The molecule has 32 heavy (non-hydrogen) atoms. The summed E-state index contributed by atoms with van der Waals surface area (Å²) >= 11 is 0. The van der Waals surface area contributed by atoms with Crippen LogP contribution in [0.3, 0.4) is 0 Å². The molecule has 1 amide bonds. The van der Waals surface area contributed by atoms with Crippen LogP contribution in [0.4, 0.5) is 5.69 Å². The number of nitrogens with one attached hydrogen (secondary N) is 1. The van der Waals surface area contributed by atoms with E-state index < -0.39 is 0 Å². The summed E-state index contributed by atoms with van der Waals surface area (Å²) in [6.45, 7) is -0.168. The van der Waals surface area contributed by atoms with Crippen LogP contribution in [0.5, 0.6) is 17.2 Å². The van der Waals surface area contributed by atoms with E-state index in [9.17, 15) is 4.79 Å². The van der Waals surface area contributed by atoms with E-state index in [0.717, 1.165) is 11.1 Å². The molecule has 0 aliphatic heterocycles. The molecule has 0 bridgehead atoms. The van der Waals surface area contributed by atoms with Crippen molar-refractivity contribution in [1.82, 2.24) is 10.1 Å². The molecule has 162 valence electrons. The predicted octanol–water partition coefficient (Wildman–Crippen LogP) is 4.44. The Morgan fingerprint density at radius 2 is 1.66 bits per heavy atom. The van der Waals surface area contributed by atoms with Gasteiger partial charge in [0.25, 0.3) is 11.8 Å². The summed E-state index contributed by atoms with van der Waals surface area (Å²) in [4.78, 5) is 16.7. The Kier molecular flexibility index (Phi) is 6.31. The fourth-order valence-corrected chi connectivity index (χ4v) is 2.99. The number of aromatic nitrogens is 2. The van der Waals surface area contributed by atoms with Gasteiger partial charge in [0.15, 0.2) is 6.61 Å². The van der Waals surface area contributed by atoms with E-state index in [-0.39, 0.29) is 12.5 Å². The van der Waals surface area contributed by atoms with Gasteiger partial charge in [-0.15, -0.1) is 0 Å². The average Bonchev–Trinajstić information content (AvgIpc) is 3.34. The average molecular weight is 431 g/mol. The number of carbonyl (C=O) groups excluding carboxylic acids is 1. The lowest BCUT2D eigenvalue weighted by Crippen LogP contribution is -2.20. The van der Waals surface area contributed by atoms with Crippen LogP contribution in [0.15, 0.2) is 77.3 Å². The van der Waals surface area contributed by atoms with Gasteiger partial charge in [0.1, 0.15) is 17.2 Å². The second-order valence-electron chi connectivity index (χ2n) is 6.72. The number of hydrogen-bond acceptors (Lipinski definition) is 7. The second-order valence-corrected chi connectivity index (χ2v) is 6.72. The van der Waals surface area contributed by atoms with Crippen LogP contribution in [0.1, 0.15) is 0 Å². The van der Waals surface area contributed by atoms with Crippen LogP contribution in [0, 0.1) is 0 Å². The lowest BCUT2D eigenvalue weighted by atomic mass is 10.2. The highest BCUT2D eigenvalue weighted by atomic mass is 16.5. The van der Waals surface area contributed by atoms with Gasteiger partial charge < -0.3 is 24.1 Å². The maximum absolute atomic E-state index is 12.3. The Bertz CT molecular complexity index is 1190. The SMILES string of the molecule is COc1ccc(OC)c(NC(=O)COc2ccc(-c3nc(-c4ccccc4)no3)cc2)c1. The second kappa shape index (κ2) is 9.65. The molecular weight excluding hydrogens is 410 g/mol. The Hall–Kier alpha value is -4.33. The van der Waals surface area contributed by atoms with Crippen LogP contribution in [-0.2, 0) is 4.79 Å². The van der Waals surface area contributed by atoms with E-state index in [0.29, 0.717) is 34.7 Å². The first-order valence-corrected chi connectivity index (χ1v) is 9.80. The molecule has 1 N–H and O–H groups in total. The van der Waals surface area contributed by atoms with Crippen molar-refractivity contribution >= 4 is 11.6 Å². The van der Waals surface area contributed by atoms with Gasteiger partial charge in [-0.25, -0.2) is 0 Å². The molecule has 0 spiro atoms. The maximum Gasteiger partial charge on any atom is 0.262 e. The zero-order valence-electron chi connectivity index (χ0n) is 17.6. The number of benzene rings is 3. The molecule has 1 aromatic heterocycles. The van der Waals surface area contributed by atoms with Crippen molar-refractivity contribution in [3.8, 4) is 40.1 Å². The van der Waals surface area contributed by atoms with E-state index in [1.807, 2.05) is 30.3 Å². The van der Waals surface area contributed by atoms with E-state index in [4.69, 9.17) is 18.7 Å². The predicted molar refractivity (Wildman–Crippen MR) is 119 cm³/mol. The molecule has 0 fully saturated rings. The third kappa shape index (κ3) is 4.86. The van der Waals surface area contributed by atoms with Crippen molar-refractivity contribution < 1.29 is 23.5 Å². The quantitative estimate of drug-likeness (QED) is 0.441. The minimum absolute atomic E-state index is 0.168. The molecule has 4 aromatic rings. The van der Waals surface area contributed by atoms with Gasteiger partial charge in [-0.05, 0) is 36.4 Å². The van der Waals surface area contributed by atoms with Crippen molar-refractivity contribution in [2.75, 3.05) is 26.1 Å². The fraction of sp³-hybridized carbons (Fsp3) is 0.125. The molecule has 0 unspecified atom stereocenters. The molecule has 3 aromatic carbocycles. The molecule has 0 aliphatic rings. The number of anilines is 1. The van der Waals surface area contributed by atoms with Gasteiger partial charge >= 0.3 is 0 Å². The minimum atomic E-state index is -0.329. The molecule has 1 heterocycles. The summed E-state index contributed by atoms with van der Waals surface area (Å²) in [7, 11) is 3.08. The summed E-state index contributed by atoms with van der Waals surface area (Å²) in [5.41, 5.74) is 2.13. The van der Waals surface area contributed by atoms with Gasteiger partial charge in [0.05, 0.1) is 19.9 Å². The molecule has 4 rings (SSSR count). The van der Waals surface area contributed by atoms with Crippen LogP contribution < -0.4 is 19.5 Å². The summed E-state index contributed by atoms with van der Waals surface area (Å²) in [6.07, 6.45) is 0. The van der Waals surface area contributed by atoms with E-state index in [2.05, 4.69) is 15.5 Å². The van der Waals surface area contributed by atoms with E-state index in [1.54, 1.807) is 49.6 Å². The largest absolute Gasteiger partial charge is 0.497 e. The summed E-state index contributed by atoms with van der Waals surface area (Å²) in [5, 5.41) is 6.78. The standard InChI is InChI=1S/C24H21N3O5/c1-29-19-12-13-21(30-2)20(14-19)25-22(28)15-31-18-10-8-17(9-11-18)24-26-23(27-32-24)16-6-4-3-5-7-16/h3-14H,15H2,1-2H3,(H,25,28). The highest BCUT2D eigenvalue weighted by Crippen LogP contribution is 2.29. The van der Waals surface area contributed by atoms with E-state index >= 15 is 0 Å². The first-order valence-electron chi connectivity index (χ1n) is 9.80. The minimum Gasteiger partial charge on any atom is -0.497 e. The number of amides is 1. The number of rotatable bonds is 8.